The van der Waals surface area contributed by atoms with Gasteiger partial charge >= 0.3 is 5.97 Å². The summed E-state index contributed by atoms with van der Waals surface area (Å²) < 4.78 is 10.4. The maximum Gasteiger partial charge on any atom is 0.348 e. The molecule has 0 amide bonds. The molecule has 6 heteroatoms. The van der Waals surface area contributed by atoms with Gasteiger partial charge in [-0.3, -0.25) is 0 Å². The normalized spacial score (nSPS) is 20.9. The number of carboxylic acids is 1. The van der Waals surface area contributed by atoms with Gasteiger partial charge in [0.05, 0.1) is 5.71 Å². The van der Waals surface area contributed by atoms with Crippen LogP contribution in [0.3, 0.4) is 0 Å². The highest BCUT2D eigenvalue weighted by atomic mass is 16.7. The molecule has 2 heterocycles. The van der Waals surface area contributed by atoms with E-state index < -0.39 is 12.1 Å². The topological polar surface area (TPSA) is 77.4 Å². The van der Waals surface area contributed by atoms with Crippen molar-refractivity contribution in [3.05, 3.63) is 23.8 Å². The van der Waals surface area contributed by atoms with Gasteiger partial charge in [0.15, 0.2) is 11.5 Å². The van der Waals surface area contributed by atoms with Crippen molar-refractivity contribution in [1.29, 1.82) is 0 Å². The molecule has 0 fully saturated rings. The van der Waals surface area contributed by atoms with E-state index in [0.29, 0.717) is 17.2 Å². The lowest BCUT2D eigenvalue weighted by Gasteiger charge is -2.01. The molecule has 0 unspecified atom stereocenters. The van der Waals surface area contributed by atoms with Crippen molar-refractivity contribution in [3.63, 3.8) is 0 Å². The molecular formula is C11H9NO5. The zero-order valence-electron chi connectivity index (χ0n) is 8.75. The number of hydrogen-bond acceptors (Lipinski definition) is 5. The molecule has 2 aliphatic heterocycles. The van der Waals surface area contributed by atoms with Crippen molar-refractivity contribution in [2.45, 2.75) is 12.5 Å². The van der Waals surface area contributed by atoms with Crippen LogP contribution in [0.1, 0.15) is 12.0 Å². The molecule has 0 aliphatic carbocycles. The minimum Gasteiger partial charge on any atom is -0.478 e. The number of ether oxygens (including phenoxy) is 2. The smallest absolute Gasteiger partial charge is 0.348 e. The second-order valence-corrected chi connectivity index (χ2v) is 3.74. The average Bonchev–Trinajstić information content (AvgIpc) is 2.97. The number of aliphatic carboxylic acids is 1. The Morgan fingerprint density at radius 1 is 1.35 bits per heavy atom. The Bertz CT molecular complexity index is 511. The van der Waals surface area contributed by atoms with Crippen LogP contribution in [0.2, 0.25) is 0 Å². The first-order chi connectivity index (χ1) is 8.24. The largest absolute Gasteiger partial charge is 0.478 e. The van der Waals surface area contributed by atoms with E-state index in [0.717, 1.165) is 5.56 Å². The lowest BCUT2D eigenvalue weighted by Crippen LogP contribution is -2.19. The van der Waals surface area contributed by atoms with Gasteiger partial charge in [-0.25, -0.2) is 4.79 Å². The third-order valence-electron chi connectivity index (χ3n) is 2.65. The molecule has 2 aliphatic rings. The summed E-state index contributed by atoms with van der Waals surface area (Å²) in [6, 6.07) is 5.35. The Morgan fingerprint density at radius 2 is 2.18 bits per heavy atom. The molecule has 17 heavy (non-hydrogen) atoms. The second kappa shape index (κ2) is 3.65. The van der Waals surface area contributed by atoms with E-state index in [2.05, 4.69) is 5.16 Å². The summed E-state index contributed by atoms with van der Waals surface area (Å²) in [5.74, 6) is 0.316. The fourth-order valence-corrected chi connectivity index (χ4v) is 1.76. The molecule has 1 aromatic rings. The molecule has 0 aromatic heterocycles. The summed E-state index contributed by atoms with van der Waals surface area (Å²) in [7, 11) is 0. The fraction of sp³-hybridized carbons (Fsp3) is 0.273. The molecule has 88 valence electrons. The number of oxime groups is 1. The van der Waals surface area contributed by atoms with Crippen LogP contribution < -0.4 is 9.47 Å². The van der Waals surface area contributed by atoms with E-state index >= 15 is 0 Å². The first-order valence-corrected chi connectivity index (χ1v) is 5.09. The summed E-state index contributed by atoms with van der Waals surface area (Å²) in [6.07, 6.45) is -0.634. The molecule has 6 nitrogen and oxygen atoms in total. The summed E-state index contributed by atoms with van der Waals surface area (Å²) in [6.45, 7) is 0.208. The number of hydrogen-bond donors (Lipinski definition) is 1. The first-order valence-electron chi connectivity index (χ1n) is 5.09. The Labute approximate surface area is 96.4 Å². The maximum atomic E-state index is 10.7. The lowest BCUT2D eigenvalue weighted by atomic mass is 10.0. The quantitative estimate of drug-likeness (QED) is 0.827. The molecule has 3 rings (SSSR count). The van der Waals surface area contributed by atoms with Crippen molar-refractivity contribution in [1.82, 2.24) is 0 Å². The van der Waals surface area contributed by atoms with Crippen molar-refractivity contribution in [2.75, 3.05) is 6.79 Å². The van der Waals surface area contributed by atoms with Crippen LogP contribution in [0, 0.1) is 0 Å². The van der Waals surface area contributed by atoms with Crippen LogP contribution in [-0.4, -0.2) is 29.7 Å². The molecule has 1 aromatic carbocycles. The van der Waals surface area contributed by atoms with E-state index in [1.54, 1.807) is 18.2 Å². The number of rotatable bonds is 2. The predicted octanol–water partition coefficient (Wildman–Crippen LogP) is 0.993. The highest BCUT2D eigenvalue weighted by Gasteiger charge is 2.29. The van der Waals surface area contributed by atoms with Gasteiger partial charge in [0, 0.05) is 12.0 Å². The summed E-state index contributed by atoms with van der Waals surface area (Å²) in [4.78, 5) is 15.5. The summed E-state index contributed by atoms with van der Waals surface area (Å²) >= 11 is 0. The van der Waals surface area contributed by atoms with Gasteiger partial charge < -0.3 is 19.4 Å². The van der Waals surface area contributed by atoms with Crippen LogP contribution in [0.4, 0.5) is 0 Å². The Morgan fingerprint density at radius 3 is 2.94 bits per heavy atom. The average molecular weight is 235 g/mol. The number of carboxylic acid groups (broad SMARTS) is 1. The van der Waals surface area contributed by atoms with Crippen LogP contribution in [0.25, 0.3) is 0 Å². The van der Waals surface area contributed by atoms with E-state index in [9.17, 15) is 4.79 Å². The minimum atomic E-state index is -1.01. The van der Waals surface area contributed by atoms with Crippen LogP contribution in [0.5, 0.6) is 11.5 Å². The van der Waals surface area contributed by atoms with E-state index in [1.165, 1.54) is 0 Å². The standard InChI is InChI=1S/C11H9NO5/c13-11(14)10-4-7(12-17-10)6-1-2-8-9(3-6)16-5-15-8/h1-3,10H,4-5H2,(H,13,14)/t10-/m1/s1. The third-order valence-corrected chi connectivity index (χ3v) is 2.65. The van der Waals surface area contributed by atoms with E-state index in [-0.39, 0.29) is 13.2 Å². The number of carbonyl (C=O) groups is 1. The van der Waals surface area contributed by atoms with Crippen molar-refractivity contribution in [3.8, 4) is 11.5 Å². The molecule has 0 saturated carbocycles. The zero-order valence-corrected chi connectivity index (χ0v) is 8.75. The SMILES string of the molecule is O=C(O)[C@H]1CC(c2ccc3c(c2)OCO3)=NO1. The van der Waals surface area contributed by atoms with Gasteiger partial charge in [0.2, 0.25) is 12.9 Å². The van der Waals surface area contributed by atoms with Crippen LogP contribution >= 0.6 is 0 Å². The monoisotopic (exact) mass is 235 g/mol. The highest BCUT2D eigenvalue weighted by Crippen LogP contribution is 2.33. The van der Waals surface area contributed by atoms with E-state index in [1.807, 2.05) is 0 Å². The lowest BCUT2D eigenvalue weighted by molar-refractivity contribution is -0.148. The zero-order chi connectivity index (χ0) is 11.8. The van der Waals surface area contributed by atoms with Crippen LogP contribution in [-0.2, 0) is 9.63 Å². The predicted molar refractivity (Wildman–Crippen MR) is 56.2 cm³/mol. The Balaban J connectivity index is 1.84. The number of fused-ring (bicyclic) bond motifs is 1. The molecule has 1 N–H and O–H groups in total. The van der Waals surface area contributed by atoms with Crippen LogP contribution in [0.15, 0.2) is 23.4 Å². The highest BCUT2D eigenvalue weighted by molar-refractivity contribution is 6.03. The Kier molecular flexibility index (Phi) is 2.14. The van der Waals surface area contributed by atoms with Crippen molar-refractivity contribution in [2.24, 2.45) is 5.16 Å². The van der Waals surface area contributed by atoms with Crippen molar-refractivity contribution >= 4 is 11.7 Å². The first kappa shape index (κ1) is 9.95. The van der Waals surface area contributed by atoms with E-state index in [4.69, 9.17) is 19.4 Å². The fourth-order valence-electron chi connectivity index (χ4n) is 1.76. The number of nitrogens with zero attached hydrogens (tertiary/aromatic N) is 1. The second-order valence-electron chi connectivity index (χ2n) is 3.74. The van der Waals surface area contributed by atoms with Gasteiger partial charge in [-0.05, 0) is 18.2 Å². The van der Waals surface area contributed by atoms with Gasteiger partial charge in [-0.2, -0.15) is 0 Å². The maximum absolute atomic E-state index is 10.7. The van der Waals surface area contributed by atoms with Gasteiger partial charge in [-0.1, -0.05) is 5.16 Å². The molecule has 0 spiro atoms. The Hall–Kier alpha value is -2.24. The third kappa shape index (κ3) is 1.67. The molecule has 0 radical (unpaired) electrons. The van der Waals surface area contributed by atoms with Crippen molar-refractivity contribution < 1.29 is 24.2 Å². The summed E-state index contributed by atoms with van der Waals surface area (Å²) in [5.41, 5.74) is 1.40. The number of benzene rings is 1. The molecule has 0 saturated heterocycles. The van der Waals surface area contributed by atoms with Gasteiger partial charge in [0.1, 0.15) is 0 Å². The van der Waals surface area contributed by atoms with Gasteiger partial charge in [-0.15, -0.1) is 0 Å². The minimum absolute atomic E-state index is 0.208. The molecule has 0 bridgehead atoms. The summed E-state index contributed by atoms with van der Waals surface area (Å²) in [5, 5.41) is 12.6. The molecule has 1 atom stereocenters. The van der Waals surface area contributed by atoms with Gasteiger partial charge in [0.25, 0.3) is 0 Å². The molecular weight excluding hydrogens is 226 g/mol.